The zero-order valence-electron chi connectivity index (χ0n) is 8.10. The van der Waals surface area contributed by atoms with Crippen LogP contribution in [0.4, 0.5) is 0 Å². The number of aliphatic hydroxyl groups is 1. The summed E-state index contributed by atoms with van der Waals surface area (Å²) in [6, 6.07) is 0. The monoisotopic (exact) mass is 194 g/mol. The minimum absolute atomic E-state index is 0. The van der Waals surface area contributed by atoms with Crippen LogP contribution in [0, 0.1) is 5.92 Å². The summed E-state index contributed by atoms with van der Waals surface area (Å²) in [7, 11) is 0. The maximum atomic E-state index is 8.60. The summed E-state index contributed by atoms with van der Waals surface area (Å²) in [5.74, 6) is 1.03. The molecule has 1 aliphatic rings. The van der Waals surface area contributed by atoms with E-state index in [0.717, 1.165) is 12.3 Å². The van der Waals surface area contributed by atoms with Crippen LogP contribution >= 0.6 is 0 Å². The zero-order chi connectivity index (χ0) is 8.65. The normalized spacial score (nSPS) is 18.2. The Labute approximate surface area is 105 Å². The second-order valence-corrected chi connectivity index (χ2v) is 4.08. The predicted molar refractivity (Wildman–Crippen MR) is 59.3 cm³/mol. The average molecular weight is 194 g/mol. The quantitative estimate of drug-likeness (QED) is 0.526. The average Bonchev–Trinajstić information content (AvgIpc) is 2.14. The molecule has 0 heterocycles. The van der Waals surface area contributed by atoms with Gasteiger partial charge in [0, 0.05) is 6.61 Å². The molecule has 0 radical (unpaired) electrons. The van der Waals surface area contributed by atoms with Gasteiger partial charge in [-0.05, 0) is 12.3 Å². The molecule has 1 nitrogen and oxygen atoms in total. The van der Waals surface area contributed by atoms with Crippen molar-refractivity contribution in [2.75, 3.05) is 6.61 Å². The van der Waals surface area contributed by atoms with E-state index in [1.54, 1.807) is 0 Å². The van der Waals surface area contributed by atoms with Crippen LogP contribution in [0.2, 0.25) is 0 Å². The Hall–Kier alpha value is 0.960. The molecule has 1 fully saturated rings. The minimum atomic E-state index is 0. The molecule has 13 heavy (non-hydrogen) atoms. The molecule has 0 aromatic heterocycles. The molecule has 1 N–H and O–H groups in total. The molecule has 0 aromatic rings. The van der Waals surface area contributed by atoms with Crippen LogP contribution in [0.3, 0.4) is 0 Å². The molecule has 0 bridgehead atoms. The van der Waals surface area contributed by atoms with E-state index in [0.29, 0.717) is 6.61 Å². The molecule has 0 amide bonds. The molecule has 0 aromatic carbocycles. The van der Waals surface area contributed by atoms with Crippen LogP contribution < -0.4 is 0 Å². The molecule has 0 aliphatic heterocycles. The Morgan fingerprint density at radius 1 is 0.923 bits per heavy atom. The summed E-state index contributed by atoms with van der Waals surface area (Å²) in [6.45, 7) is 0.380. The Balaban J connectivity index is 0.00000144. The summed E-state index contributed by atoms with van der Waals surface area (Å²) in [4.78, 5) is 0. The predicted octanol–water partition coefficient (Wildman–Crippen LogP) is 2.47. The van der Waals surface area contributed by atoms with Crippen molar-refractivity contribution in [1.29, 1.82) is 0 Å². The molecule has 0 saturated heterocycles. The molecule has 0 unspecified atom stereocenters. The zero-order valence-corrected chi connectivity index (χ0v) is 8.10. The number of rotatable bonds is 5. The fourth-order valence-corrected chi connectivity index (χ4v) is 2.20. The first kappa shape index (κ1) is 14.0. The van der Waals surface area contributed by atoms with Gasteiger partial charge in [-0.25, -0.2) is 0 Å². The third-order valence-electron chi connectivity index (χ3n) is 3.00. The molecule has 1 rings (SSSR count). The summed E-state index contributed by atoms with van der Waals surface area (Å²) < 4.78 is 0. The van der Waals surface area contributed by atoms with Gasteiger partial charge in [0.1, 0.15) is 0 Å². The van der Waals surface area contributed by atoms with E-state index < -0.39 is 0 Å². The van der Waals surface area contributed by atoms with Gasteiger partial charge < -0.3 is 5.11 Å². The number of aliphatic hydroxyl groups excluding tert-OH is 1. The second kappa shape index (κ2) is 9.51. The fourth-order valence-electron chi connectivity index (χ4n) is 2.20. The van der Waals surface area contributed by atoms with Crippen molar-refractivity contribution < 1.29 is 5.11 Å². The maximum absolute atomic E-state index is 8.60. The van der Waals surface area contributed by atoms with Crippen LogP contribution in [0.5, 0.6) is 0 Å². The van der Waals surface area contributed by atoms with Gasteiger partial charge in [-0.2, -0.15) is 0 Å². The molecule has 0 spiro atoms. The van der Waals surface area contributed by atoms with Gasteiger partial charge in [-0.1, -0.05) is 51.4 Å². The van der Waals surface area contributed by atoms with Crippen molar-refractivity contribution in [3.05, 3.63) is 0 Å². The molecule has 1 aliphatic carbocycles. The van der Waals surface area contributed by atoms with Gasteiger partial charge in [-0.15, -0.1) is 0 Å². The van der Waals surface area contributed by atoms with Crippen molar-refractivity contribution >= 4 is 29.6 Å². The Morgan fingerprint density at radius 3 is 2.23 bits per heavy atom. The van der Waals surface area contributed by atoms with Crippen molar-refractivity contribution in [2.24, 2.45) is 5.92 Å². The van der Waals surface area contributed by atoms with E-state index in [1.807, 2.05) is 0 Å². The van der Waals surface area contributed by atoms with Crippen LogP contribution in [0.25, 0.3) is 0 Å². The van der Waals surface area contributed by atoms with Crippen molar-refractivity contribution in [3.8, 4) is 0 Å². The van der Waals surface area contributed by atoms with Crippen molar-refractivity contribution in [2.45, 2.75) is 57.8 Å². The van der Waals surface area contributed by atoms with Crippen molar-refractivity contribution in [1.82, 2.24) is 0 Å². The fraction of sp³-hybridized carbons (Fsp3) is 1.00. The molecule has 2 heteroatoms. The van der Waals surface area contributed by atoms with E-state index >= 15 is 0 Å². The number of hydrogen-bond acceptors (Lipinski definition) is 1. The molecular weight excluding hydrogens is 171 g/mol. The molecule has 74 valence electrons. The van der Waals surface area contributed by atoms with E-state index in [4.69, 9.17) is 5.11 Å². The van der Waals surface area contributed by atoms with Crippen LogP contribution in [-0.2, 0) is 0 Å². The Morgan fingerprint density at radius 2 is 1.62 bits per heavy atom. The van der Waals surface area contributed by atoms with E-state index in [-0.39, 0.29) is 29.6 Å². The Bertz CT molecular complexity index is 100. The molecular formula is C11H23NaO. The summed E-state index contributed by atoms with van der Waals surface area (Å²) in [5, 5.41) is 8.60. The third kappa shape index (κ3) is 6.96. The van der Waals surface area contributed by atoms with Crippen LogP contribution in [0.1, 0.15) is 57.8 Å². The summed E-state index contributed by atoms with van der Waals surface area (Å²) in [6.07, 6.45) is 12.3. The van der Waals surface area contributed by atoms with Crippen LogP contribution in [0.15, 0.2) is 0 Å². The van der Waals surface area contributed by atoms with Gasteiger partial charge in [0.05, 0.1) is 0 Å². The topological polar surface area (TPSA) is 20.2 Å². The first-order valence-electron chi connectivity index (χ1n) is 5.54. The SMILES string of the molecule is OCCCCCC1CCCCC1.[NaH]. The summed E-state index contributed by atoms with van der Waals surface area (Å²) >= 11 is 0. The van der Waals surface area contributed by atoms with Gasteiger partial charge in [0.2, 0.25) is 0 Å². The molecule has 0 atom stereocenters. The van der Waals surface area contributed by atoms with Gasteiger partial charge in [0.25, 0.3) is 0 Å². The van der Waals surface area contributed by atoms with Gasteiger partial charge in [0.15, 0.2) is 0 Å². The number of hydrogen-bond donors (Lipinski definition) is 1. The summed E-state index contributed by atoms with van der Waals surface area (Å²) in [5.41, 5.74) is 0. The standard InChI is InChI=1S/C11H22O.Na.H/c12-10-6-2-5-9-11-7-3-1-4-8-11;;/h11-12H,1-10H2;;. The second-order valence-electron chi connectivity index (χ2n) is 4.08. The Kier molecular flexibility index (Phi) is 10.2. The third-order valence-corrected chi connectivity index (χ3v) is 3.00. The molecule has 1 saturated carbocycles. The van der Waals surface area contributed by atoms with Crippen LogP contribution in [-0.4, -0.2) is 41.3 Å². The van der Waals surface area contributed by atoms with E-state index in [9.17, 15) is 0 Å². The van der Waals surface area contributed by atoms with Gasteiger partial charge >= 0.3 is 29.6 Å². The number of unbranched alkanes of at least 4 members (excludes halogenated alkanes) is 2. The van der Waals surface area contributed by atoms with E-state index in [1.165, 1.54) is 51.4 Å². The van der Waals surface area contributed by atoms with E-state index in [2.05, 4.69) is 0 Å². The first-order chi connectivity index (χ1) is 5.93. The van der Waals surface area contributed by atoms with Gasteiger partial charge in [-0.3, -0.25) is 0 Å². The first-order valence-corrected chi connectivity index (χ1v) is 5.54. The van der Waals surface area contributed by atoms with Crippen molar-refractivity contribution in [3.63, 3.8) is 0 Å².